The average Bonchev–Trinajstić information content (AvgIpc) is 3.10. The molecule has 1 fully saturated rings. The highest BCUT2D eigenvalue weighted by Crippen LogP contribution is 2.17. The molecule has 5 heteroatoms. The van der Waals surface area contributed by atoms with Crippen LogP contribution in [0, 0.1) is 13.8 Å². The van der Waals surface area contributed by atoms with E-state index in [1.54, 1.807) is 0 Å². The molecule has 2 aromatic rings. The standard InChI is InChI=1S/C19H25N3OS/c1-15-5-6-16(2)18(14-15)20-19(23)22-11-9-21(10-12-22)8-7-17-4-3-13-24-17/h3-6,13-14H,7-12H2,1-2H3,(H,20,23). The molecule has 1 aromatic carbocycles. The van der Waals surface area contributed by atoms with Gasteiger partial charge in [-0.15, -0.1) is 11.3 Å². The van der Waals surface area contributed by atoms with Crippen LogP contribution in [-0.2, 0) is 6.42 Å². The number of nitrogens with zero attached hydrogens (tertiary/aromatic N) is 2. The van der Waals surface area contributed by atoms with E-state index in [9.17, 15) is 4.79 Å². The lowest BCUT2D eigenvalue weighted by molar-refractivity contribution is 0.148. The first-order valence-corrected chi connectivity index (χ1v) is 9.38. The summed E-state index contributed by atoms with van der Waals surface area (Å²) in [5.74, 6) is 0. The van der Waals surface area contributed by atoms with Crippen LogP contribution in [0.4, 0.5) is 10.5 Å². The summed E-state index contributed by atoms with van der Waals surface area (Å²) in [6, 6.07) is 10.5. The number of hydrogen-bond donors (Lipinski definition) is 1. The number of nitrogens with one attached hydrogen (secondary N) is 1. The number of urea groups is 1. The first-order valence-electron chi connectivity index (χ1n) is 8.50. The van der Waals surface area contributed by atoms with Crippen LogP contribution < -0.4 is 5.32 Å². The molecule has 0 aliphatic carbocycles. The van der Waals surface area contributed by atoms with Crippen LogP contribution in [0.5, 0.6) is 0 Å². The third-order valence-electron chi connectivity index (χ3n) is 4.55. The molecule has 0 radical (unpaired) electrons. The zero-order chi connectivity index (χ0) is 16.9. The predicted molar refractivity (Wildman–Crippen MR) is 101 cm³/mol. The van der Waals surface area contributed by atoms with E-state index in [4.69, 9.17) is 0 Å². The highest BCUT2D eigenvalue weighted by Gasteiger charge is 2.21. The molecular weight excluding hydrogens is 318 g/mol. The molecule has 2 heterocycles. The number of amides is 2. The fourth-order valence-electron chi connectivity index (χ4n) is 2.96. The zero-order valence-electron chi connectivity index (χ0n) is 14.4. The lowest BCUT2D eigenvalue weighted by atomic mass is 10.1. The van der Waals surface area contributed by atoms with Crippen LogP contribution in [0.15, 0.2) is 35.7 Å². The normalized spacial score (nSPS) is 15.5. The van der Waals surface area contributed by atoms with Crippen LogP contribution in [0.2, 0.25) is 0 Å². The van der Waals surface area contributed by atoms with Gasteiger partial charge in [0.15, 0.2) is 0 Å². The molecule has 24 heavy (non-hydrogen) atoms. The fraction of sp³-hybridized carbons (Fsp3) is 0.421. The van der Waals surface area contributed by atoms with Crippen molar-refractivity contribution in [2.45, 2.75) is 20.3 Å². The molecule has 128 valence electrons. The average molecular weight is 343 g/mol. The van der Waals surface area contributed by atoms with Gasteiger partial charge < -0.3 is 10.2 Å². The molecule has 0 atom stereocenters. The Labute approximate surface area is 148 Å². The van der Waals surface area contributed by atoms with E-state index in [0.29, 0.717) is 0 Å². The number of rotatable bonds is 4. The van der Waals surface area contributed by atoms with Crippen molar-refractivity contribution in [3.05, 3.63) is 51.7 Å². The Bertz CT molecular complexity index is 676. The Morgan fingerprint density at radius 2 is 1.96 bits per heavy atom. The largest absolute Gasteiger partial charge is 0.322 e. The maximum Gasteiger partial charge on any atom is 0.321 e. The van der Waals surface area contributed by atoms with E-state index >= 15 is 0 Å². The second-order valence-electron chi connectivity index (χ2n) is 6.41. The second kappa shape index (κ2) is 7.81. The van der Waals surface area contributed by atoms with Gasteiger partial charge in [0.25, 0.3) is 0 Å². The highest BCUT2D eigenvalue weighted by molar-refractivity contribution is 7.09. The molecule has 0 spiro atoms. The Kier molecular flexibility index (Phi) is 5.53. The van der Waals surface area contributed by atoms with Crippen LogP contribution >= 0.6 is 11.3 Å². The summed E-state index contributed by atoms with van der Waals surface area (Å²) in [6.45, 7) is 8.63. The molecule has 4 nitrogen and oxygen atoms in total. The smallest absolute Gasteiger partial charge is 0.321 e. The lowest BCUT2D eigenvalue weighted by Gasteiger charge is -2.34. The van der Waals surface area contributed by atoms with Crippen molar-refractivity contribution in [2.24, 2.45) is 0 Å². The van der Waals surface area contributed by atoms with Crippen molar-refractivity contribution in [1.82, 2.24) is 9.80 Å². The van der Waals surface area contributed by atoms with Crippen molar-refractivity contribution in [1.29, 1.82) is 0 Å². The number of thiophene rings is 1. The van der Waals surface area contributed by atoms with Gasteiger partial charge in [-0.2, -0.15) is 0 Å². The van der Waals surface area contributed by atoms with Crippen molar-refractivity contribution in [2.75, 3.05) is 38.0 Å². The number of anilines is 1. The molecule has 1 aromatic heterocycles. The molecule has 0 saturated carbocycles. The Balaban J connectivity index is 1.47. The molecular formula is C19H25N3OS. The summed E-state index contributed by atoms with van der Waals surface area (Å²) in [6.07, 6.45) is 1.10. The van der Waals surface area contributed by atoms with Gasteiger partial charge in [-0.25, -0.2) is 4.79 Å². The third-order valence-corrected chi connectivity index (χ3v) is 5.48. The van der Waals surface area contributed by atoms with Gasteiger partial charge in [-0.3, -0.25) is 4.90 Å². The Hall–Kier alpha value is -1.85. The first-order chi connectivity index (χ1) is 11.6. The van der Waals surface area contributed by atoms with E-state index in [-0.39, 0.29) is 6.03 Å². The highest BCUT2D eigenvalue weighted by atomic mass is 32.1. The number of piperazine rings is 1. The zero-order valence-corrected chi connectivity index (χ0v) is 15.2. The van der Waals surface area contributed by atoms with E-state index in [1.165, 1.54) is 4.88 Å². The SMILES string of the molecule is Cc1ccc(C)c(NC(=O)N2CCN(CCc3cccs3)CC2)c1. The van der Waals surface area contributed by atoms with Gasteiger partial charge in [-0.1, -0.05) is 18.2 Å². The van der Waals surface area contributed by atoms with Gasteiger partial charge in [0.1, 0.15) is 0 Å². The monoisotopic (exact) mass is 343 g/mol. The second-order valence-corrected chi connectivity index (χ2v) is 7.44. The summed E-state index contributed by atoms with van der Waals surface area (Å²) in [4.78, 5) is 18.3. The van der Waals surface area contributed by atoms with Crippen molar-refractivity contribution >= 4 is 23.1 Å². The molecule has 0 unspecified atom stereocenters. The maximum atomic E-state index is 12.5. The minimum absolute atomic E-state index is 0.0154. The van der Waals surface area contributed by atoms with E-state index in [1.807, 2.05) is 42.2 Å². The van der Waals surface area contributed by atoms with Crippen LogP contribution in [0.25, 0.3) is 0 Å². The van der Waals surface area contributed by atoms with E-state index in [2.05, 4.69) is 33.8 Å². The molecule has 2 amide bonds. The van der Waals surface area contributed by atoms with Gasteiger partial charge in [-0.05, 0) is 48.9 Å². The fourth-order valence-corrected chi connectivity index (χ4v) is 3.66. The summed E-state index contributed by atoms with van der Waals surface area (Å²) in [5.41, 5.74) is 3.18. The summed E-state index contributed by atoms with van der Waals surface area (Å²) in [5, 5.41) is 5.19. The molecule has 0 bridgehead atoms. The van der Waals surface area contributed by atoms with Gasteiger partial charge in [0.2, 0.25) is 0 Å². The number of benzene rings is 1. The summed E-state index contributed by atoms with van der Waals surface area (Å²) < 4.78 is 0. The quantitative estimate of drug-likeness (QED) is 0.917. The topological polar surface area (TPSA) is 35.6 Å². The maximum absolute atomic E-state index is 12.5. The van der Waals surface area contributed by atoms with Gasteiger partial charge in [0, 0.05) is 43.3 Å². The minimum Gasteiger partial charge on any atom is -0.322 e. The van der Waals surface area contributed by atoms with Gasteiger partial charge in [0.05, 0.1) is 0 Å². The number of aryl methyl sites for hydroxylation is 2. The predicted octanol–water partition coefficient (Wildman–Crippen LogP) is 3.76. The van der Waals surface area contributed by atoms with Crippen LogP contribution in [-0.4, -0.2) is 48.6 Å². The number of carbonyl (C=O) groups is 1. The summed E-state index contributed by atoms with van der Waals surface area (Å²) in [7, 11) is 0. The molecule has 1 saturated heterocycles. The summed E-state index contributed by atoms with van der Waals surface area (Å²) >= 11 is 1.82. The lowest BCUT2D eigenvalue weighted by Crippen LogP contribution is -2.50. The van der Waals surface area contributed by atoms with Crippen LogP contribution in [0.3, 0.4) is 0 Å². The Morgan fingerprint density at radius 3 is 2.67 bits per heavy atom. The van der Waals surface area contributed by atoms with E-state index < -0.39 is 0 Å². The van der Waals surface area contributed by atoms with Crippen molar-refractivity contribution < 1.29 is 4.79 Å². The molecule has 1 aliphatic rings. The minimum atomic E-state index is 0.0154. The van der Waals surface area contributed by atoms with Gasteiger partial charge >= 0.3 is 6.03 Å². The Morgan fingerprint density at radius 1 is 1.17 bits per heavy atom. The third kappa shape index (κ3) is 4.36. The van der Waals surface area contributed by atoms with Crippen LogP contribution in [0.1, 0.15) is 16.0 Å². The van der Waals surface area contributed by atoms with E-state index in [0.717, 1.165) is 56.0 Å². The van der Waals surface area contributed by atoms with Crippen molar-refractivity contribution in [3.8, 4) is 0 Å². The molecule has 1 N–H and O–H groups in total. The number of hydrogen-bond acceptors (Lipinski definition) is 3. The van der Waals surface area contributed by atoms with Crippen molar-refractivity contribution in [3.63, 3.8) is 0 Å². The molecule has 3 rings (SSSR count). The molecule has 1 aliphatic heterocycles. The first kappa shape index (κ1) is 17.0. The number of carbonyl (C=O) groups excluding carboxylic acids is 1.